The van der Waals surface area contributed by atoms with E-state index in [1.54, 1.807) is 24.3 Å². The summed E-state index contributed by atoms with van der Waals surface area (Å²) in [6, 6.07) is 8.98. The van der Waals surface area contributed by atoms with Crippen molar-refractivity contribution in [3.05, 3.63) is 56.0 Å². The molecule has 0 radical (unpaired) electrons. The van der Waals surface area contributed by atoms with Gasteiger partial charge in [-0.25, -0.2) is 0 Å². The van der Waals surface area contributed by atoms with Crippen LogP contribution in [0, 0.1) is 6.92 Å². The average molecular weight is 413 g/mol. The number of nitrogen functional groups attached to an aromatic ring is 1. The number of anilines is 1. The lowest BCUT2D eigenvalue weighted by atomic mass is 9.97. The molecule has 0 unspecified atom stereocenters. The highest BCUT2D eigenvalue weighted by Crippen LogP contribution is 2.30. The van der Waals surface area contributed by atoms with Crippen molar-refractivity contribution in [3.63, 3.8) is 0 Å². The predicted molar refractivity (Wildman–Crippen MR) is 92.0 cm³/mol. The van der Waals surface area contributed by atoms with E-state index in [1.807, 2.05) is 19.9 Å². The number of hydrogen-bond acceptors (Lipinski definition) is 3. The van der Waals surface area contributed by atoms with Crippen LogP contribution in [0.25, 0.3) is 0 Å². The first kappa shape index (κ1) is 16.0. The standard InChI is InChI=1S/C16H15Br2NO2/c1-3-21-15-5-4-10(17)6-13(15)16(20)12-7-11(18)8-14(19)9(12)2/h4-8H,3,19H2,1-2H3. The Hall–Kier alpha value is -1.33. The number of hydrogen-bond donors (Lipinski definition) is 1. The van der Waals surface area contributed by atoms with Gasteiger partial charge < -0.3 is 10.5 Å². The minimum Gasteiger partial charge on any atom is -0.493 e. The van der Waals surface area contributed by atoms with Crippen LogP contribution in [0.2, 0.25) is 0 Å². The van der Waals surface area contributed by atoms with E-state index in [4.69, 9.17) is 10.5 Å². The van der Waals surface area contributed by atoms with Crippen molar-refractivity contribution in [1.82, 2.24) is 0 Å². The van der Waals surface area contributed by atoms with E-state index in [2.05, 4.69) is 31.9 Å². The second-order valence-corrected chi connectivity index (χ2v) is 6.40. The van der Waals surface area contributed by atoms with E-state index in [9.17, 15) is 4.79 Å². The molecular formula is C16H15Br2NO2. The van der Waals surface area contributed by atoms with Gasteiger partial charge in [-0.15, -0.1) is 0 Å². The van der Waals surface area contributed by atoms with Crippen LogP contribution in [-0.2, 0) is 0 Å². The first-order chi connectivity index (χ1) is 9.93. The van der Waals surface area contributed by atoms with Gasteiger partial charge in [0.1, 0.15) is 5.75 Å². The molecule has 0 saturated heterocycles. The van der Waals surface area contributed by atoms with Gasteiger partial charge >= 0.3 is 0 Å². The molecule has 0 aliphatic heterocycles. The smallest absolute Gasteiger partial charge is 0.197 e. The lowest BCUT2D eigenvalue weighted by molar-refractivity contribution is 0.103. The highest BCUT2D eigenvalue weighted by Gasteiger charge is 2.18. The highest BCUT2D eigenvalue weighted by molar-refractivity contribution is 9.10. The van der Waals surface area contributed by atoms with Crippen molar-refractivity contribution in [2.45, 2.75) is 13.8 Å². The van der Waals surface area contributed by atoms with E-state index >= 15 is 0 Å². The second-order valence-electron chi connectivity index (χ2n) is 4.57. The zero-order valence-electron chi connectivity index (χ0n) is 11.7. The van der Waals surface area contributed by atoms with Gasteiger partial charge in [-0.2, -0.15) is 0 Å². The summed E-state index contributed by atoms with van der Waals surface area (Å²) in [5.74, 6) is 0.467. The Balaban J connectivity index is 2.57. The Morgan fingerprint density at radius 2 is 1.81 bits per heavy atom. The summed E-state index contributed by atoms with van der Waals surface area (Å²) in [6.45, 7) is 4.23. The minimum atomic E-state index is -0.106. The number of carbonyl (C=O) groups is 1. The zero-order valence-corrected chi connectivity index (χ0v) is 14.9. The van der Waals surface area contributed by atoms with E-state index in [0.717, 1.165) is 14.5 Å². The van der Waals surface area contributed by atoms with Crippen molar-refractivity contribution in [2.75, 3.05) is 12.3 Å². The lowest BCUT2D eigenvalue weighted by Gasteiger charge is -2.13. The molecule has 5 heteroatoms. The second kappa shape index (κ2) is 6.62. The van der Waals surface area contributed by atoms with Crippen LogP contribution < -0.4 is 10.5 Å². The normalized spacial score (nSPS) is 10.5. The van der Waals surface area contributed by atoms with E-state index in [-0.39, 0.29) is 5.78 Å². The molecule has 110 valence electrons. The van der Waals surface area contributed by atoms with Gasteiger partial charge in [-0.05, 0) is 49.7 Å². The van der Waals surface area contributed by atoms with Crippen LogP contribution in [-0.4, -0.2) is 12.4 Å². The van der Waals surface area contributed by atoms with Crippen molar-refractivity contribution < 1.29 is 9.53 Å². The number of benzene rings is 2. The van der Waals surface area contributed by atoms with Gasteiger partial charge in [-0.3, -0.25) is 4.79 Å². The summed E-state index contributed by atoms with van der Waals surface area (Å²) in [4.78, 5) is 12.8. The van der Waals surface area contributed by atoms with Crippen molar-refractivity contribution >= 4 is 43.3 Å². The van der Waals surface area contributed by atoms with Gasteiger partial charge in [0.05, 0.1) is 12.2 Å². The molecule has 0 amide bonds. The molecule has 3 nitrogen and oxygen atoms in total. The summed E-state index contributed by atoms with van der Waals surface area (Å²) in [6.07, 6.45) is 0. The first-order valence-electron chi connectivity index (χ1n) is 6.46. The summed E-state index contributed by atoms with van der Waals surface area (Å²) in [7, 11) is 0. The molecule has 0 aliphatic rings. The molecule has 0 spiro atoms. The Bertz CT molecular complexity index is 699. The molecule has 2 N–H and O–H groups in total. The first-order valence-corrected chi connectivity index (χ1v) is 8.05. The minimum absolute atomic E-state index is 0.106. The van der Waals surface area contributed by atoms with Gasteiger partial charge in [0.15, 0.2) is 5.78 Å². The molecule has 2 aromatic carbocycles. The molecular weight excluding hydrogens is 398 g/mol. The van der Waals surface area contributed by atoms with Gasteiger partial charge in [0.25, 0.3) is 0 Å². The SMILES string of the molecule is CCOc1ccc(Br)cc1C(=O)c1cc(Br)cc(N)c1C. The monoisotopic (exact) mass is 411 g/mol. The number of ether oxygens (including phenoxy) is 1. The lowest BCUT2D eigenvalue weighted by Crippen LogP contribution is -2.08. The maximum atomic E-state index is 12.8. The van der Waals surface area contributed by atoms with Crippen LogP contribution in [0.3, 0.4) is 0 Å². The van der Waals surface area contributed by atoms with Gasteiger partial charge in [0.2, 0.25) is 0 Å². The predicted octanol–water partition coefficient (Wildman–Crippen LogP) is 4.73. The van der Waals surface area contributed by atoms with Crippen molar-refractivity contribution in [2.24, 2.45) is 0 Å². The zero-order chi connectivity index (χ0) is 15.6. The third-order valence-corrected chi connectivity index (χ3v) is 4.09. The molecule has 21 heavy (non-hydrogen) atoms. The third-order valence-electron chi connectivity index (χ3n) is 3.14. The number of halogens is 2. The fourth-order valence-corrected chi connectivity index (χ4v) is 2.88. The van der Waals surface area contributed by atoms with E-state index in [1.165, 1.54) is 0 Å². The number of nitrogens with two attached hydrogens (primary N) is 1. The number of carbonyl (C=O) groups excluding carboxylic acids is 1. The van der Waals surface area contributed by atoms with Crippen LogP contribution in [0.15, 0.2) is 39.3 Å². The quantitative estimate of drug-likeness (QED) is 0.583. The number of rotatable bonds is 4. The Kier molecular flexibility index (Phi) is 5.06. The molecule has 0 fully saturated rings. The topological polar surface area (TPSA) is 52.3 Å². The molecule has 0 heterocycles. The molecule has 2 rings (SSSR count). The molecule has 0 aliphatic carbocycles. The van der Waals surface area contributed by atoms with Crippen LogP contribution in [0.4, 0.5) is 5.69 Å². The average Bonchev–Trinajstić information content (AvgIpc) is 2.44. The maximum Gasteiger partial charge on any atom is 0.197 e. The Morgan fingerprint density at radius 1 is 1.14 bits per heavy atom. The summed E-state index contributed by atoms with van der Waals surface area (Å²) in [5, 5.41) is 0. The summed E-state index contributed by atoms with van der Waals surface area (Å²) < 4.78 is 7.16. The van der Waals surface area contributed by atoms with Crippen molar-refractivity contribution in [1.29, 1.82) is 0 Å². The van der Waals surface area contributed by atoms with Crippen molar-refractivity contribution in [3.8, 4) is 5.75 Å². The third kappa shape index (κ3) is 3.47. The highest BCUT2D eigenvalue weighted by atomic mass is 79.9. The largest absolute Gasteiger partial charge is 0.493 e. The fourth-order valence-electron chi connectivity index (χ4n) is 2.04. The summed E-state index contributed by atoms with van der Waals surface area (Å²) in [5.41, 5.74) is 8.38. The van der Waals surface area contributed by atoms with Gasteiger partial charge in [0, 0.05) is 20.2 Å². The summed E-state index contributed by atoms with van der Waals surface area (Å²) >= 11 is 6.77. The van der Waals surface area contributed by atoms with E-state index < -0.39 is 0 Å². The Morgan fingerprint density at radius 3 is 2.48 bits per heavy atom. The molecule has 0 aromatic heterocycles. The molecule has 0 bridgehead atoms. The van der Waals surface area contributed by atoms with Crippen LogP contribution >= 0.6 is 31.9 Å². The van der Waals surface area contributed by atoms with Gasteiger partial charge in [-0.1, -0.05) is 31.9 Å². The molecule has 0 atom stereocenters. The molecule has 0 saturated carbocycles. The van der Waals surface area contributed by atoms with E-state index in [0.29, 0.717) is 29.2 Å². The maximum absolute atomic E-state index is 12.8. The van der Waals surface area contributed by atoms with Crippen LogP contribution in [0.1, 0.15) is 28.4 Å². The number of ketones is 1. The van der Waals surface area contributed by atoms with Crippen LogP contribution in [0.5, 0.6) is 5.75 Å². The Labute approximate surface area is 140 Å². The fraction of sp³-hybridized carbons (Fsp3) is 0.188. The molecule has 2 aromatic rings.